The standard InChI is InChI=1S/C23H23ClN6O2/c1-14-16(10-15-5-6-19(25-12-15)20-7-8-29(2)27-20)11-18-22(21(14)24)26-28-30(23(18)31)13-17-4-3-9-32-17/h5-8,11-12,17H,3-4,9-10,13H2,1-2H3. The molecule has 1 unspecified atom stereocenters. The van der Waals surface area contributed by atoms with E-state index in [0.717, 1.165) is 47.5 Å². The Kier molecular flexibility index (Phi) is 5.48. The number of hydrogen-bond donors (Lipinski definition) is 0. The highest BCUT2D eigenvalue weighted by Gasteiger charge is 2.20. The fraction of sp³-hybridized carbons (Fsp3) is 0.348. The SMILES string of the molecule is Cc1c(Cc2ccc(-c3ccn(C)n3)nc2)cc2c(=O)n(CC3CCCO3)nnc2c1Cl. The molecule has 0 radical (unpaired) electrons. The smallest absolute Gasteiger partial charge is 0.277 e. The van der Waals surface area contributed by atoms with Gasteiger partial charge in [-0.2, -0.15) is 5.10 Å². The van der Waals surface area contributed by atoms with Gasteiger partial charge in [-0.1, -0.05) is 22.9 Å². The molecule has 1 saturated heterocycles. The Bertz CT molecular complexity index is 1340. The molecule has 4 heterocycles. The third-order valence-corrected chi connectivity index (χ3v) is 6.37. The van der Waals surface area contributed by atoms with E-state index in [9.17, 15) is 4.79 Å². The lowest BCUT2D eigenvalue weighted by Crippen LogP contribution is -2.29. The monoisotopic (exact) mass is 450 g/mol. The van der Waals surface area contributed by atoms with Crippen molar-refractivity contribution in [2.45, 2.75) is 38.8 Å². The van der Waals surface area contributed by atoms with Crippen molar-refractivity contribution < 1.29 is 4.74 Å². The fourth-order valence-electron chi connectivity index (χ4n) is 4.06. The molecule has 1 aliphatic rings. The van der Waals surface area contributed by atoms with Crippen LogP contribution in [-0.4, -0.2) is 42.5 Å². The summed E-state index contributed by atoms with van der Waals surface area (Å²) >= 11 is 6.60. The van der Waals surface area contributed by atoms with Gasteiger partial charge in [0, 0.05) is 26.0 Å². The molecule has 0 spiro atoms. The Morgan fingerprint density at radius 2 is 2.12 bits per heavy atom. The predicted molar refractivity (Wildman–Crippen MR) is 122 cm³/mol. The van der Waals surface area contributed by atoms with Crippen LogP contribution >= 0.6 is 11.6 Å². The number of aryl methyl sites for hydroxylation is 1. The average molecular weight is 451 g/mol. The van der Waals surface area contributed by atoms with Crippen LogP contribution < -0.4 is 5.56 Å². The molecule has 32 heavy (non-hydrogen) atoms. The molecule has 1 atom stereocenters. The summed E-state index contributed by atoms with van der Waals surface area (Å²) in [5.74, 6) is 0. The Hall–Kier alpha value is -3.10. The molecule has 3 aromatic heterocycles. The molecular formula is C23H23ClN6O2. The van der Waals surface area contributed by atoms with Crippen LogP contribution in [0.2, 0.25) is 5.02 Å². The van der Waals surface area contributed by atoms with Gasteiger partial charge < -0.3 is 4.74 Å². The van der Waals surface area contributed by atoms with E-state index < -0.39 is 0 Å². The Labute approximate surface area is 189 Å². The van der Waals surface area contributed by atoms with E-state index in [1.165, 1.54) is 4.68 Å². The van der Waals surface area contributed by atoms with Crippen molar-refractivity contribution in [3.05, 3.63) is 68.7 Å². The van der Waals surface area contributed by atoms with Crippen molar-refractivity contribution >= 4 is 22.5 Å². The van der Waals surface area contributed by atoms with E-state index in [-0.39, 0.29) is 11.7 Å². The first-order chi connectivity index (χ1) is 15.5. The van der Waals surface area contributed by atoms with Crippen LogP contribution in [0.15, 0.2) is 41.5 Å². The van der Waals surface area contributed by atoms with Crippen molar-refractivity contribution in [1.29, 1.82) is 0 Å². The Morgan fingerprint density at radius 1 is 1.25 bits per heavy atom. The van der Waals surface area contributed by atoms with Crippen LogP contribution in [-0.2, 0) is 24.8 Å². The van der Waals surface area contributed by atoms with Gasteiger partial charge in [0.1, 0.15) is 11.2 Å². The molecule has 1 aromatic carbocycles. The van der Waals surface area contributed by atoms with Crippen molar-refractivity contribution in [2.75, 3.05) is 6.61 Å². The zero-order chi connectivity index (χ0) is 22.2. The van der Waals surface area contributed by atoms with Crippen molar-refractivity contribution in [1.82, 2.24) is 29.8 Å². The molecule has 0 bridgehead atoms. The highest BCUT2D eigenvalue weighted by Crippen LogP contribution is 2.28. The number of fused-ring (bicyclic) bond motifs is 1. The lowest BCUT2D eigenvalue weighted by molar-refractivity contribution is 0.0920. The van der Waals surface area contributed by atoms with Gasteiger partial charge in [-0.25, -0.2) is 4.68 Å². The molecule has 4 aromatic rings. The molecule has 1 fully saturated rings. The largest absolute Gasteiger partial charge is 0.376 e. The van der Waals surface area contributed by atoms with Crippen LogP contribution in [0.25, 0.3) is 22.3 Å². The van der Waals surface area contributed by atoms with E-state index in [1.54, 1.807) is 4.68 Å². The van der Waals surface area contributed by atoms with Gasteiger partial charge >= 0.3 is 0 Å². The van der Waals surface area contributed by atoms with Crippen LogP contribution in [0.1, 0.15) is 29.5 Å². The van der Waals surface area contributed by atoms with E-state index in [1.807, 2.05) is 50.6 Å². The summed E-state index contributed by atoms with van der Waals surface area (Å²) in [7, 11) is 1.88. The molecule has 5 rings (SSSR count). The second-order valence-corrected chi connectivity index (χ2v) is 8.56. The lowest BCUT2D eigenvalue weighted by Gasteiger charge is -2.13. The number of aromatic nitrogens is 6. The highest BCUT2D eigenvalue weighted by atomic mass is 35.5. The third kappa shape index (κ3) is 3.91. The first-order valence-electron chi connectivity index (χ1n) is 10.6. The first-order valence-corrected chi connectivity index (χ1v) is 11.0. The topological polar surface area (TPSA) is 87.7 Å². The van der Waals surface area contributed by atoms with Crippen molar-refractivity contribution in [3.63, 3.8) is 0 Å². The molecular weight excluding hydrogens is 428 g/mol. The number of rotatable bonds is 5. The number of halogens is 1. The van der Waals surface area contributed by atoms with Gasteiger partial charge in [0.2, 0.25) is 0 Å². The molecule has 8 nitrogen and oxygen atoms in total. The minimum atomic E-state index is -0.197. The second kappa shape index (κ2) is 8.44. The average Bonchev–Trinajstić information content (AvgIpc) is 3.46. The molecule has 9 heteroatoms. The maximum atomic E-state index is 13.1. The number of nitrogens with zero attached hydrogens (tertiary/aromatic N) is 6. The molecule has 0 amide bonds. The van der Waals surface area contributed by atoms with Gasteiger partial charge in [0.15, 0.2) is 0 Å². The van der Waals surface area contributed by atoms with Crippen LogP contribution in [0.3, 0.4) is 0 Å². The van der Waals surface area contributed by atoms with Crippen molar-refractivity contribution in [2.24, 2.45) is 7.05 Å². The van der Waals surface area contributed by atoms with Gasteiger partial charge in [0.25, 0.3) is 5.56 Å². The van der Waals surface area contributed by atoms with E-state index in [0.29, 0.717) is 28.9 Å². The number of pyridine rings is 1. The summed E-state index contributed by atoms with van der Waals surface area (Å²) in [4.78, 5) is 17.7. The van der Waals surface area contributed by atoms with E-state index in [4.69, 9.17) is 16.3 Å². The molecule has 0 aliphatic carbocycles. The summed E-state index contributed by atoms with van der Waals surface area (Å²) in [6, 6.07) is 7.79. The maximum absolute atomic E-state index is 13.1. The summed E-state index contributed by atoms with van der Waals surface area (Å²) in [5.41, 5.74) is 4.75. The zero-order valence-electron chi connectivity index (χ0n) is 18.0. The fourth-order valence-corrected chi connectivity index (χ4v) is 4.32. The van der Waals surface area contributed by atoms with Gasteiger partial charge in [-0.3, -0.25) is 14.5 Å². The summed E-state index contributed by atoms with van der Waals surface area (Å²) in [6.45, 7) is 3.07. The molecule has 0 N–H and O–H groups in total. The third-order valence-electron chi connectivity index (χ3n) is 5.91. The molecule has 1 aliphatic heterocycles. The van der Waals surface area contributed by atoms with E-state index >= 15 is 0 Å². The highest BCUT2D eigenvalue weighted by molar-refractivity contribution is 6.35. The summed E-state index contributed by atoms with van der Waals surface area (Å²) < 4.78 is 8.78. The molecule has 164 valence electrons. The summed E-state index contributed by atoms with van der Waals surface area (Å²) in [6.07, 6.45) is 6.26. The lowest BCUT2D eigenvalue weighted by atomic mass is 9.99. The number of ether oxygens (including phenoxy) is 1. The number of hydrogen-bond acceptors (Lipinski definition) is 6. The quantitative estimate of drug-likeness (QED) is 0.463. The predicted octanol–water partition coefficient (Wildman–Crippen LogP) is 3.32. The van der Waals surface area contributed by atoms with Crippen molar-refractivity contribution in [3.8, 4) is 11.4 Å². The zero-order valence-corrected chi connectivity index (χ0v) is 18.7. The normalized spacial score (nSPS) is 16.2. The molecule has 0 saturated carbocycles. The van der Waals surface area contributed by atoms with Crippen LogP contribution in [0.4, 0.5) is 0 Å². The van der Waals surface area contributed by atoms with Crippen LogP contribution in [0.5, 0.6) is 0 Å². The number of benzene rings is 1. The minimum Gasteiger partial charge on any atom is -0.376 e. The van der Waals surface area contributed by atoms with Gasteiger partial charge in [-0.05, 0) is 61.1 Å². The van der Waals surface area contributed by atoms with Crippen LogP contribution in [0, 0.1) is 6.92 Å². The van der Waals surface area contributed by atoms with Gasteiger partial charge in [0.05, 0.1) is 28.8 Å². The van der Waals surface area contributed by atoms with Gasteiger partial charge in [-0.15, -0.1) is 5.10 Å². The Morgan fingerprint density at radius 3 is 2.81 bits per heavy atom. The van der Waals surface area contributed by atoms with E-state index in [2.05, 4.69) is 20.4 Å². The Balaban J connectivity index is 1.47. The summed E-state index contributed by atoms with van der Waals surface area (Å²) in [5, 5.41) is 13.7. The second-order valence-electron chi connectivity index (χ2n) is 8.19. The maximum Gasteiger partial charge on any atom is 0.277 e. The first kappa shape index (κ1) is 20.8. The minimum absolute atomic E-state index is 0.00327.